The molecule has 4 atom stereocenters. The van der Waals surface area contributed by atoms with Gasteiger partial charge in [-0.25, -0.2) is 0 Å². The van der Waals surface area contributed by atoms with E-state index in [4.69, 9.17) is 16.6 Å². The highest BCUT2D eigenvalue weighted by atomic mass is 35.5. The zero-order valence-corrected chi connectivity index (χ0v) is 16.1. The van der Waals surface area contributed by atoms with Gasteiger partial charge in [-0.05, 0) is 74.5 Å². The molecule has 1 aromatic carbocycles. The molecule has 2 bridgehead atoms. The van der Waals surface area contributed by atoms with Crippen LogP contribution < -0.4 is 0 Å². The molecule has 0 radical (unpaired) electrons. The lowest BCUT2D eigenvalue weighted by Crippen LogP contribution is -2.51. The summed E-state index contributed by atoms with van der Waals surface area (Å²) in [7, 11) is 0. The molecular formula is C22H29ClN2. The number of piperidine rings is 1. The fraction of sp³-hybridized carbons (Fsp3) is 0.682. The number of hydrogen-bond acceptors (Lipinski definition) is 2. The van der Waals surface area contributed by atoms with Gasteiger partial charge >= 0.3 is 0 Å². The zero-order chi connectivity index (χ0) is 17.1. The number of benzene rings is 1. The van der Waals surface area contributed by atoms with E-state index in [1.165, 1.54) is 75.9 Å². The summed E-state index contributed by atoms with van der Waals surface area (Å²) in [6, 6.07) is 8.70. The first-order valence-electron chi connectivity index (χ1n) is 10.2. The predicted octanol–water partition coefficient (Wildman–Crippen LogP) is 5.44. The number of likely N-dealkylation sites (tertiary alicyclic amines) is 1. The molecule has 0 amide bonds. The van der Waals surface area contributed by atoms with Crippen LogP contribution in [0.15, 0.2) is 29.3 Å². The molecule has 2 nitrogen and oxygen atoms in total. The van der Waals surface area contributed by atoms with Gasteiger partial charge in [0.1, 0.15) is 0 Å². The Hall–Kier alpha value is -1.02. The van der Waals surface area contributed by atoms with Gasteiger partial charge in [-0.3, -0.25) is 4.99 Å². The third kappa shape index (κ3) is 2.19. The normalized spacial score (nSPS) is 40.1. The molecule has 3 fully saturated rings. The van der Waals surface area contributed by atoms with Crippen molar-refractivity contribution in [1.82, 2.24) is 4.90 Å². The summed E-state index contributed by atoms with van der Waals surface area (Å²) in [6.07, 6.45) is 10.6. The standard InChI is InChI=1S/C22H29ClN2/c1-21(16-7-9-19(23)10-8-16)17-5-6-18(15-17)22(21)12-11-20(24-22)25-13-3-2-4-14-25/h7-10,17-18H,2-6,11-15H2,1H3. The van der Waals surface area contributed by atoms with Gasteiger partial charge in [0.25, 0.3) is 0 Å². The molecule has 4 aliphatic rings. The van der Waals surface area contributed by atoms with Gasteiger partial charge in [-0.2, -0.15) is 0 Å². The largest absolute Gasteiger partial charge is 0.360 e. The van der Waals surface area contributed by atoms with Crippen molar-refractivity contribution < 1.29 is 0 Å². The Kier molecular flexibility index (Phi) is 3.71. The number of fused-ring (bicyclic) bond motifs is 3. The van der Waals surface area contributed by atoms with E-state index in [9.17, 15) is 0 Å². The summed E-state index contributed by atoms with van der Waals surface area (Å²) in [5, 5.41) is 0.841. The molecule has 134 valence electrons. The molecule has 0 N–H and O–H groups in total. The molecule has 1 saturated heterocycles. The first-order chi connectivity index (χ1) is 12.1. The molecular weight excluding hydrogens is 328 g/mol. The molecule has 1 spiro atoms. The second kappa shape index (κ2) is 5.74. The molecule has 2 aliphatic heterocycles. The van der Waals surface area contributed by atoms with Crippen LogP contribution in [0.1, 0.15) is 63.9 Å². The fourth-order valence-electron chi connectivity index (χ4n) is 6.70. The van der Waals surface area contributed by atoms with Gasteiger partial charge in [0.05, 0.1) is 11.4 Å². The summed E-state index contributed by atoms with van der Waals surface area (Å²) in [5.41, 5.74) is 1.78. The number of rotatable bonds is 1. The summed E-state index contributed by atoms with van der Waals surface area (Å²) in [6.45, 7) is 4.96. The topological polar surface area (TPSA) is 15.6 Å². The minimum absolute atomic E-state index is 0.135. The minimum atomic E-state index is 0.135. The number of amidine groups is 1. The lowest BCUT2D eigenvalue weighted by molar-refractivity contribution is 0.147. The van der Waals surface area contributed by atoms with Crippen LogP contribution in [0.4, 0.5) is 0 Å². The molecule has 1 aromatic rings. The average Bonchev–Trinajstić information content (AvgIpc) is 3.35. The van der Waals surface area contributed by atoms with Crippen LogP contribution in [0.2, 0.25) is 5.02 Å². The quantitative estimate of drug-likeness (QED) is 0.653. The average molecular weight is 357 g/mol. The van der Waals surface area contributed by atoms with Gasteiger partial charge in [-0.15, -0.1) is 0 Å². The Bertz CT molecular complexity index is 690. The maximum atomic E-state index is 6.18. The maximum absolute atomic E-state index is 6.18. The Balaban J connectivity index is 1.56. The molecule has 25 heavy (non-hydrogen) atoms. The van der Waals surface area contributed by atoms with Crippen molar-refractivity contribution in [2.45, 2.75) is 69.2 Å². The number of aliphatic imine (C=N–C) groups is 1. The van der Waals surface area contributed by atoms with Crippen LogP contribution in [-0.2, 0) is 5.41 Å². The molecule has 0 aromatic heterocycles. The molecule has 2 saturated carbocycles. The van der Waals surface area contributed by atoms with E-state index in [0.29, 0.717) is 0 Å². The van der Waals surface area contributed by atoms with E-state index in [1.807, 2.05) is 0 Å². The van der Waals surface area contributed by atoms with Crippen LogP contribution in [0, 0.1) is 11.8 Å². The van der Waals surface area contributed by atoms with Crippen LogP contribution in [0.3, 0.4) is 0 Å². The smallest absolute Gasteiger partial charge is 0.0997 e. The highest BCUT2D eigenvalue weighted by molar-refractivity contribution is 6.30. The van der Waals surface area contributed by atoms with Crippen LogP contribution >= 0.6 is 11.6 Å². The van der Waals surface area contributed by atoms with Crippen LogP contribution in [-0.4, -0.2) is 29.4 Å². The van der Waals surface area contributed by atoms with Crippen molar-refractivity contribution >= 4 is 17.4 Å². The third-order valence-electron chi connectivity index (χ3n) is 8.05. The SMILES string of the molecule is CC1(c2ccc(Cl)cc2)C2CCC(C2)C12CCC(N1CCCCC1)=N2. The number of nitrogens with zero attached hydrogens (tertiary/aromatic N) is 2. The Morgan fingerprint density at radius 2 is 1.76 bits per heavy atom. The van der Waals surface area contributed by atoms with E-state index in [2.05, 4.69) is 36.1 Å². The summed E-state index contributed by atoms with van der Waals surface area (Å²) in [4.78, 5) is 8.19. The predicted molar refractivity (Wildman–Crippen MR) is 104 cm³/mol. The van der Waals surface area contributed by atoms with Gasteiger partial charge in [0, 0.05) is 29.9 Å². The molecule has 5 rings (SSSR count). The van der Waals surface area contributed by atoms with Crippen LogP contribution in [0.25, 0.3) is 0 Å². The number of halogens is 1. The molecule has 2 aliphatic carbocycles. The Morgan fingerprint density at radius 3 is 2.52 bits per heavy atom. The van der Waals surface area contributed by atoms with Crippen molar-refractivity contribution in [3.63, 3.8) is 0 Å². The molecule has 4 unspecified atom stereocenters. The van der Waals surface area contributed by atoms with Gasteiger partial charge in [0.2, 0.25) is 0 Å². The second-order valence-corrected chi connectivity index (χ2v) is 9.35. The molecule has 3 heteroatoms. The second-order valence-electron chi connectivity index (χ2n) is 8.92. The molecule has 2 heterocycles. The summed E-state index contributed by atoms with van der Waals surface area (Å²) < 4.78 is 0. The van der Waals surface area contributed by atoms with E-state index in [0.717, 1.165) is 16.9 Å². The van der Waals surface area contributed by atoms with E-state index in [-0.39, 0.29) is 11.0 Å². The third-order valence-corrected chi connectivity index (χ3v) is 8.30. The van der Waals surface area contributed by atoms with Gasteiger partial charge < -0.3 is 4.90 Å². The lowest BCUT2D eigenvalue weighted by Gasteiger charge is -2.48. The van der Waals surface area contributed by atoms with Crippen molar-refractivity contribution in [3.8, 4) is 0 Å². The summed E-state index contributed by atoms with van der Waals surface area (Å²) in [5.74, 6) is 2.98. The lowest BCUT2D eigenvalue weighted by atomic mass is 9.58. The zero-order valence-electron chi connectivity index (χ0n) is 15.3. The van der Waals surface area contributed by atoms with E-state index >= 15 is 0 Å². The van der Waals surface area contributed by atoms with Gasteiger partial charge in [-0.1, -0.05) is 30.7 Å². The van der Waals surface area contributed by atoms with E-state index < -0.39 is 0 Å². The first-order valence-corrected chi connectivity index (χ1v) is 10.6. The van der Waals surface area contributed by atoms with Crippen LogP contribution in [0.5, 0.6) is 0 Å². The highest BCUT2D eigenvalue weighted by Crippen LogP contribution is 2.66. The monoisotopic (exact) mass is 356 g/mol. The van der Waals surface area contributed by atoms with Crippen molar-refractivity contribution in [2.75, 3.05) is 13.1 Å². The Morgan fingerprint density at radius 1 is 1.04 bits per heavy atom. The fourth-order valence-corrected chi connectivity index (χ4v) is 6.82. The minimum Gasteiger partial charge on any atom is -0.360 e. The maximum Gasteiger partial charge on any atom is 0.0997 e. The van der Waals surface area contributed by atoms with Gasteiger partial charge in [0.15, 0.2) is 0 Å². The first kappa shape index (κ1) is 16.2. The van der Waals surface area contributed by atoms with Crippen molar-refractivity contribution in [3.05, 3.63) is 34.9 Å². The van der Waals surface area contributed by atoms with Crippen molar-refractivity contribution in [2.24, 2.45) is 16.8 Å². The Labute approximate surface area is 156 Å². The highest BCUT2D eigenvalue weighted by Gasteiger charge is 2.67. The number of hydrogen-bond donors (Lipinski definition) is 0. The summed E-state index contributed by atoms with van der Waals surface area (Å²) >= 11 is 6.18. The van der Waals surface area contributed by atoms with E-state index in [1.54, 1.807) is 0 Å². The van der Waals surface area contributed by atoms with Crippen molar-refractivity contribution in [1.29, 1.82) is 0 Å².